The van der Waals surface area contributed by atoms with Crippen molar-refractivity contribution in [3.05, 3.63) is 88.0 Å². The number of hydrogen-bond donors (Lipinski definition) is 3. The molecule has 0 unspecified atom stereocenters. The summed E-state index contributed by atoms with van der Waals surface area (Å²) in [5.74, 6) is -0.612. The summed E-state index contributed by atoms with van der Waals surface area (Å²) in [6.07, 6.45) is 3.57. The fourth-order valence-electron chi connectivity index (χ4n) is 5.28. The van der Waals surface area contributed by atoms with E-state index in [0.29, 0.717) is 46.4 Å². The highest BCUT2D eigenvalue weighted by Gasteiger charge is 2.35. The zero-order valence-electron chi connectivity index (χ0n) is 20.8. The molecule has 0 bridgehead atoms. The summed E-state index contributed by atoms with van der Waals surface area (Å²) in [6, 6.07) is 13.8. The predicted molar refractivity (Wildman–Crippen MR) is 144 cm³/mol. The van der Waals surface area contributed by atoms with Gasteiger partial charge in [-0.1, -0.05) is 11.6 Å². The highest BCUT2D eigenvalue weighted by Crippen LogP contribution is 2.35. The Balaban J connectivity index is 1.26. The summed E-state index contributed by atoms with van der Waals surface area (Å²) < 4.78 is 3.61. The van der Waals surface area contributed by atoms with Crippen molar-refractivity contribution in [3.63, 3.8) is 0 Å². The smallest absolute Gasteiger partial charge is 0.253 e. The maximum atomic E-state index is 13.4. The summed E-state index contributed by atoms with van der Waals surface area (Å²) in [4.78, 5) is 29.2. The lowest BCUT2D eigenvalue weighted by Gasteiger charge is -2.34. The minimum Gasteiger partial charge on any atom is -0.506 e. The quantitative estimate of drug-likeness (QED) is 0.323. The molecule has 0 spiro atoms. The van der Waals surface area contributed by atoms with Gasteiger partial charge >= 0.3 is 0 Å². The minimum absolute atomic E-state index is 0.177. The average Bonchev–Trinajstić information content (AvgIpc) is 3.47. The van der Waals surface area contributed by atoms with Crippen LogP contribution in [0.15, 0.2) is 54.9 Å². The lowest BCUT2D eigenvalue weighted by Crippen LogP contribution is -2.49. The number of carbonyl (C=O) groups excluding carboxylic acids is 2. The Hall–Kier alpha value is -4.37. The normalized spacial score (nSPS) is 17.0. The second-order valence-electron chi connectivity index (χ2n) is 10.1. The molecule has 9 nitrogen and oxygen atoms in total. The number of fused-ring (bicyclic) bond motifs is 4. The number of carbonyl (C=O) groups is 2. The van der Waals surface area contributed by atoms with Gasteiger partial charge in [0.15, 0.2) is 0 Å². The molecule has 0 radical (unpaired) electrons. The monoisotopic (exact) mass is 528 g/mol. The Bertz CT molecular complexity index is 1790. The minimum atomic E-state index is -0.537. The fraction of sp³-hybridized carbons (Fsp3) is 0.214. The third-order valence-corrected chi connectivity index (χ3v) is 7.64. The number of imidazole rings is 1. The van der Waals surface area contributed by atoms with Crippen molar-refractivity contribution < 1.29 is 14.7 Å². The Labute approximate surface area is 222 Å². The van der Waals surface area contributed by atoms with Gasteiger partial charge in [-0.05, 0) is 81.6 Å². The van der Waals surface area contributed by atoms with Crippen LogP contribution in [0.25, 0.3) is 22.2 Å². The topological polar surface area (TPSA) is 128 Å². The largest absolute Gasteiger partial charge is 0.506 e. The highest BCUT2D eigenvalue weighted by atomic mass is 35.5. The number of primary amides is 1. The number of hydrogen-bond acceptors (Lipinski definition) is 5. The molecule has 4 N–H and O–H groups in total. The molecule has 2 aromatic carbocycles. The summed E-state index contributed by atoms with van der Waals surface area (Å²) in [5, 5.41) is 18.7. The molecule has 3 aromatic heterocycles. The van der Waals surface area contributed by atoms with Crippen LogP contribution in [-0.2, 0) is 12.8 Å². The molecule has 0 aliphatic heterocycles. The highest BCUT2D eigenvalue weighted by molar-refractivity contribution is 6.34. The molecular formula is C28H25ClN6O3. The molecule has 38 heavy (non-hydrogen) atoms. The number of aromatic nitrogens is 4. The van der Waals surface area contributed by atoms with Gasteiger partial charge in [-0.15, -0.1) is 0 Å². The number of rotatable bonds is 4. The summed E-state index contributed by atoms with van der Waals surface area (Å²) in [6.45, 7) is 3.95. The van der Waals surface area contributed by atoms with Crippen molar-refractivity contribution in [1.29, 1.82) is 0 Å². The van der Waals surface area contributed by atoms with Crippen LogP contribution in [0.1, 0.15) is 51.0 Å². The van der Waals surface area contributed by atoms with Gasteiger partial charge in [0.05, 0.1) is 27.3 Å². The van der Waals surface area contributed by atoms with Gasteiger partial charge in [0.2, 0.25) is 5.91 Å². The zero-order valence-corrected chi connectivity index (χ0v) is 21.6. The van der Waals surface area contributed by atoms with E-state index in [1.807, 2.05) is 24.5 Å². The van der Waals surface area contributed by atoms with Gasteiger partial charge in [0, 0.05) is 28.0 Å². The van der Waals surface area contributed by atoms with Crippen molar-refractivity contribution in [1.82, 2.24) is 24.5 Å². The van der Waals surface area contributed by atoms with Gasteiger partial charge in [-0.2, -0.15) is 5.10 Å². The summed E-state index contributed by atoms with van der Waals surface area (Å²) >= 11 is 6.60. The van der Waals surface area contributed by atoms with Crippen molar-refractivity contribution >= 4 is 40.0 Å². The van der Waals surface area contributed by atoms with E-state index in [2.05, 4.69) is 10.3 Å². The molecule has 2 amide bonds. The summed E-state index contributed by atoms with van der Waals surface area (Å²) in [5.41, 5.74) is 11.2. The van der Waals surface area contributed by atoms with E-state index >= 15 is 0 Å². The molecule has 0 fully saturated rings. The third-order valence-electron chi connectivity index (χ3n) is 7.33. The Morgan fingerprint density at radius 2 is 1.97 bits per heavy atom. The van der Waals surface area contributed by atoms with Crippen molar-refractivity contribution in [2.24, 2.45) is 5.73 Å². The predicted octanol–water partition coefficient (Wildman–Crippen LogP) is 4.12. The van der Waals surface area contributed by atoms with Crippen LogP contribution in [0.5, 0.6) is 5.75 Å². The van der Waals surface area contributed by atoms with Crippen LogP contribution >= 0.6 is 11.6 Å². The number of nitrogens with two attached hydrogens (primary N) is 1. The first kappa shape index (κ1) is 24.0. The fourth-order valence-corrected chi connectivity index (χ4v) is 5.54. The molecule has 192 valence electrons. The number of pyridine rings is 1. The van der Waals surface area contributed by atoms with Gasteiger partial charge < -0.3 is 16.2 Å². The van der Waals surface area contributed by atoms with Crippen molar-refractivity contribution in [3.8, 4) is 11.4 Å². The summed E-state index contributed by atoms with van der Waals surface area (Å²) in [7, 11) is 0. The van der Waals surface area contributed by atoms with Crippen LogP contribution in [0.4, 0.5) is 0 Å². The number of aromatic hydroxyl groups is 1. The van der Waals surface area contributed by atoms with E-state index in [9.17, 15) is 14.7 Å². The van der Waals surface area contributed by atoms with Crippen LogP contribution in [0.2, 0.25) is 5.02 Å². The Morgan fingerprint density at radius 3 is 2.74 bits per heavy atom. The standard InChI is InChI=1S/C28H25ClN6O3/c1-15-3-8-24(36)25-19-13-28(2,10-9-21(19)33-35(15)25)32-27(38)18-6-5-17(12-20(18)29)34-14-31-22-11-16(26(30)37)4-7-23(22)34/h3-8,11-12,14,36H,9-10,13H2,1-2H3,(H2,30,37)(H,32,38)/t28-/m1/s1. The first-order valence-corrected chi connectivity index (χ1v) is 12.6. The second kappa shape index (κ2) is 8.59. The maximum Gasteiger partial charge on any atom is 0.253 e. The van der Waals surface area contributed by atoms with Crippen LogP contribution in [0, 0.1) is 6.92 Å². The van der Waals surface area contributed by atoms with E-state index < -0.39 is 11.4 Å². The Morgan fingerprint density at radius 1 is 1.16 bits per heavy atom. The third kappa shape index (κ3) is 3.86. The van der Waals surface area contributed by atoms with Gasteiger partial charge in [0.1, 0.15) is 17.6 Å². The van der Waals surface area contributed by atoms with E-state index in [1.165, 1.54) is 0 Å². The number of nitrogens with zero attached hydrogens (tertiary/aromatic N) is 4. The number of amides is 2. The van der Waals surface area contributed by atoms with Crippen LogP contribution in [0.3, 0.4) is 0 Å². The average molecular weight is 529 g/mol. The van der Waals surface area contributed by atoms with E-state index in [0.717, 1.165) is 28.2 Å². The van der Waals surface area contributed by atoms with E-state index in [4.69, 9.17) is 22.4 Å². The van der Waals surface area contributed by atoms with Gasteiger partial charge in [0.25, 0.3) is 5.91 Å². The van der Waals surface area contributed by atoms with E-state index in [1.54, 1.807) is 53.3 Å². The molecule has 10 heteroatoms. The van der Waals surface area contributed by atoms with Gasteiger partial charge in [-0.25, -0.2) is 9.50 Å². The molecule has 0 saturated heterocycles. The molecular weight excluding hydrogens is 504 g/mol. The SMILES string of the molecule is Cc1ccc(O)c2c3c(nn12)CC[C@@](C)(NC(=O)c1ccc(-n2cnc4cc(C(N)=O)ccc42)cc1Cl)C3. The zero-order chi connectivity index (χ0) is 26.8. The molecule has 1 aliphatic rings. The second-order valence-corrected chi connectivity index (χ2v) is 10.5. The number of benzene rings is 2. The lowest BCUT2D eigenvalue weighted by molar-refractivity contribution is 0.0897. The number of aryl methyl sites for hydroxylation is 2. The number of halogens is 1. The van der Waals surface area contributed by atoms with Crippen molar-refractivity contribution in [2.45, 2.75) is 38.6 Å². The maximum absolute atomic E-state index is 13.4. The van der Waals surface area contributed by atoms with E-state index in [-0.39, 0.29) is 11.7 Å². The Kier molecular flexibility index (Phi) is 5.43. The molecule has 1 atom stereocenters. The number of nitrogens with one attached hydrogen (secondary N) is 1. The first-order valence-electron chi connectivity index (χ1n) is 12.2. The molecule has 1 aliphatic carbocycles. The van der Waals surface area contributed by atoms with Crippen LogP contribution < -0.4 is 11.1 Å². The van der Waals surface area contributed by atoms with Crippen LogP contribution in [-0.4, -0.2) is 41.6 Å². The molecule has 6 rings (SSSR count). The molecule has 0 saturated carbocycles. The van der Waals surface area contributed by atoms with Crippen molar-refractivity contribution in [2.75, 3.05) is 0 Å². The first-order chi connectivity index (χ1) is 18.1. The molecule has 3 heterocycles. The molecule has 5 aromatic rings. The van der Waals surface area contributed by atoms with Gasteiger partial charge in [-0.3, -0.25) is 14.2 Å². The lowest BCUT2D eigenvalue weighted by atomic mass is 9.81.